The Morgan fingerprint density at radius 2 is 1.80 bits per heavy atom. The third-order valence-corrected chi connectivity index (χ3v) is 4.40. The van der Waals surface area contributed by atoms with Crippen molar-refractivity contribution in [2.75, 3.05) is 6.61 Å². The van der Waals surface area contributed by atoms with Crippen LogP contribution in [0.2, 0.25) is 0 Å². The number of benzene rings is 2. The molecule has 0 saturated heterocycles. The van der Waals surface area contributed by atoms with Crippen LogP contribution in [0.4, 0.5) is 0 Å². The number of aromatic nitrogens is 2. The van der Waals surface area contributed by atoms with E-state index in [1.54, 1.807) is 0 Å². The summed E-state index contributed by atoms with van der Waals surface area (Å²) in [5, 5.41) is 0. The van der Waals surface area contributed by atoms with Crippen LogP contribution in [0.25, 0.3) is 11.0 Å². The number of rotatable bonds is 9. The summed E-state index contributed by atoms with van der Waals surface area (Å²) < 4.78 is 8.07. The molecule has 1 atom stereocenters. The van der Waals surface area contributed by atoms with Crippen LogP contribution in [-0.2, 0) is 6.54 Å². The second kappa shape index (κ2) is 8.67. The van der Waals surface area contributed by atoms with E-state index in [1.807, 2.05) is 36.4 Å². The molecule has 0 amide bonds. The second-order valence-corrected chi connectivity index (χ2v) is 6.37. The highest BCUT2D eigenvalue weighted by atomic mass is 16.5. The molecule has 3 aromatic rings. The number of aryl methyl sites for hydroxylation is 1. The van der Waals surface area contributed by atoms with Gasteiger partial charge in [0.2, 0.25) is 0 Å². The third-order valence-electron chi connectivity index (χ3n) is 4.40. The molecule has 0 spiro atoms. The molecule has 4 heteroatoms. The normalized spacial score (nSPS) is 12.4. The first-order chi connectivity index (χ1) is 12.3. The Labute approximate surface area is 149 Å². The minimum absolute atomic E-state index is 0.00188. The molecule has 2 N–H and O–H groups in total. The standard InChI is InChI=1S/C21H27N3O/c1-2-10-18(22)21-23-19-13-6-7-14-20(19)24(21)15-8-9-16-25-17-11-4-3-5-12-17/h3-7,11-14,18H,2,8-10,15-16,22H2,1H3. The second-order valence-electron chi connectivity index (χ2n) is 6.37. The smallest absolute Gasteiger partial charge is 0.126 e. The van der Waals surface area contributed by atoms with Gasteiger partial charge in [-0.1, -0.05) is 43.7 Å². The van der Waals surface area contributed by atoms with Crippen LogP contribution < -0.4 is 10.5 Å². The van der Waals surface area contributed by atoms with Gasteiger partial charge in [-0.15, -0.1) is 0 Å². The maximum Gasteiger partial charge on any atom is 0.126 e. The number of hydrogen-bond donors (Lipinski definition) is 1. The average Bonchev–Trinajstić information content (AvgIpc) is 3.01. The van der Waals surface area contributed by atoms with Crippen molar-refractivity contribution in [3.05, 3.63) is 60.4 Å². The van der Waals surface area contributed by atoms with E-state index >= 15 is 0 Å². The van der Waals surface area contributed by atoms with Crippen molar-refractivity contribution < 1.29 is 4.74 Å². The van der Waals surface area contributed by atoms with E-state index in [2.05, 4.69) is 29.7 Å². The summed E-state index contributed by atoms with van der Waals surface area (Å²) >= 11 is 0. The first-order valence-corrected chi connectivity index (χ1v) is 9.18. The molecule has 3 rings (SSSR count). The highest BCUT2D eigenvalue weighted by Gasteiger charge is 2.15. The SMILES string of the molecule is CCCC(N)c1nc2ccccc2n1CCCCOc1ccccc1. The van der Waals surface area contributed by atoms with Crippen LogP contribution in [0.1, 0.15) is 44.5 Å². The lowest BCUT2D eigenvalue weighted by Gasteiger charge is -2.14. The number of nitrogens with two attached hydrogens (primary N) is 1. The highest BCUT2D eigenvalue weighted by Crippen LogP contribution is 2.23. The van der Waals surface area contributed by atoms with Gasteiger partial charge in [-0.05, 0) is 43.5 Å². The Hall–Kier alpha value is -2.33. The highest BCUT2D eigenvalue weighted by molar-refractivity contribution is 5.76. The van der Waals surface area contributed by atoms with Gasteiger partial charge in [0, 0.05) is 6.54 Å². The Bertz CT molecular complexity index is 782. The Morgan fingerprint density at radius 3 is 2.60 bits per heavy atom. The van der Waals surface area contributed by atoms with Gasteiger partial charge in [-0.2, -0.15) is 0 Å². The molecule has 132 valence electrons. The lowest BCUT2D eigenvalue weighted by Crippen LogP contribution is -2.17. The van der Waals surface area contributed by atoms with Gasteiger partial charge < -0.3 is 15.0 Å². The maximum atomic E-state index is 6.37. The quantitative estimate of drug-likeness (QED) is 0.576. The van der Waals surface area contributed by atoms with Gasteiger partial charge in [-0.25, -0.2) is 4.98 Å². The van der Waals surface area contributed by atoms with E-state index in [4.69, 9.17) is 15.5 Å². The van der Waals surface area contributed by atoms with Gasteiger partial charge in [0.1, 0.15) is 11.6 Å². The van der Waals surface area contributed by atoms with Crippen molar-refractivity contribution in [1.29, 1.82) is 0 Å². The minimum atomic E-state index is -0.00188. The van der Waals surface area contributed by atoms with Crippen LogP contribution in [0.15, 0.2) is 54.6 Å². The molecule has 0 aliphatic heterocycles. The van der Waals surface area contributed by atoms with Gasteiger partial charge in [0.25, 0.3) is 0 Å². The first-order valence-electron chi connectivity index (χ1n) is 9.18. The van der Waals surface area contributed by atoms with Gasteiger partial charge in [-0.3, -0.25) is 0 Å². The number of para-hydroxylation sites is 3. The fraction of sp³-hybridized carbons (Fsp3) is 0.381. The molecule has 1 aromatic heterocycles. The fourth-order valence-electron chi connectivity index (χ4n) is 3.13. The van der Waals surface area contributed by atoms with E-state index in [0.29, 0.717) is 0 Å². The van der Waals surface area contributed by atoms with Crippen LogP contribution in [0.5, 0.6) is 5.75 Å². The van der Waals surface area contributed by atoms with Gasteiger partial charge in [0.15, 0.2) is 0 Å². The minimum Gasteiger partial charge on any atom is -0.494 e. The lowest BCUT2D eigenvalue weighted by molar-refractivity contribution is 0.303. The van der Waals surface area contributed by atoms with E-state index in [1.165, 1.54) is 5.52 Å². The molecular formula is C21H27N3O. The van der Waals surface area contributed by atoms with Crippen molar-refractivity contribution in [3.63, 3.8) is 0 Å². The van der Waals surface area contributed by atoms with E-state index in [-0.39, 0.29) is 6.04 Å². The summed E-state index contributed by atoms with van der Waals surface area (Å²) in [5.74, 6) is 1.94. The zero-order valence-electron chi connectivity index (χ0n) is 14.9. The predicted molar refractivity (Wildman–Crippen MR) is 103 cm³/mol. The molecule has 2 aromatic carbocycles. The van der Waals surface area contributed by atoms with Crippen molar-refractivity contribution in [3.8, 4) is 5.75 Å². The molecular weight excluding hydrogens is 310 g/mol. The van der Waals surface area contributed by atoms with Crippen molar-refractivity contribution in [2.45, 2.75) is 45.2 Å². The number of fused-ring (bicyclic) bond motifs is 1. The Kier molecular flexibility index (Phi) is 6.07. The summed E-state index contributed by atoms with van der Waals surface area (Å²) in [7, 11) is 0. The largest absolute Gasteiger partial charge is 0.494 e. The molecule has 25 heavy (non-hydrogen) atoms. The van der Waals surface area contributed by atoms with E-state index in [0.717, 1.165) is 55.9 Å². The van der Waals surface area contributed by atoms with Crippen LogP contribution >= 0.6 is 0 Å². The Balaban J connectivity index is 1.62. The van der Waals surface area contributed by atoms with E-state index < -0.39 is 0 Å². The fourth-order valence-corrected chi connectivity index (χ4v) is 3.13. The van der Waals surface area contributed by atoms with Crippen molar-refractivity contribution >= 4 is 11.0 Å². The molecule has 0 radical (unpaired) electrons. The number of nitrogens with zero attached hydrogens (tertiary/aromatic N) is 2. The van der Waals surface area contributed by atoms with Gasteiger partial charge in [0.05, 0.1) is 23.7 Å². The summed E-state index contributed by atoms with van der Waals surface area (Å²) in [5.41, 5.74) is 8.57. The average molecular weight is 337 g/mol. The number of unbranched alkanes of at least 4 members (excludes halogenated alkanes) is 1. The summed E-state index contributed by atoms with van der Waals surface area (Å²) in [6, 6.07) is 18.3. The predicted octanol–water partition coefficient (Wildman–Crippen LogP) is 4.70. The van der Waals surface area contributed by atoms with Crippen molar-refractivity contribution in [1.82, 2.24) is 9.55 Å². The van der Waals surface area contributed by atoms with Crippen LogP contribution in [0, 0.1) is 0 Å². The monoisotopic (exact) mass is 337 g/mol. The first kappa shape index (κ1) is 17.5. The van der Waals surface area contributed by atoms with Gasteiger partial charge >= 0.3 is 0 Å². The third kappa shape index (κ3) is 4.40. The summed E-state index contributed by atoms with van der Waals surface area (Å²) in [6.45, 7) is 3.81. The lowest BCUT2D eigenvalue weighted by atomic mass is 10.1. The van der Waals surface area contributed by atoms with E-state index in [9.17, 15) is 0 Å². The number of ether oxygens (including phenoxy) is 1. The van der Waals surface area contributed by atoms with Crippen LogP contribution in [0.3, 0.4) is 0 Å². The van der Waals surface area contributed by atoms with Crippen molar-refractivity contribution in [2.24, 2.45) is 5.73 Å². The maximum absolute atomic E-state index is 6.37. The topological polar surface area (TPSA) is 53.1 Å². The van der Waals surface area contributed by atoms with Crippen LogP contribution in [-0.4, -0.2) is 16.2 Å². The number of imidazole rings is 1. The molecule has 4 nitrogen and oxygen atoms in total. The molecule has 0 aliphatic rings. The zero-order chi connectivity index (χ0) is 17.5. The zero-order valence-corrected chi connectivity index (χ0v) is 14.9. The molecule has 0 saturated carbocycles. The molecule has 0 fully saturated rings. The number of hydrogen-bond acceptors (Lipinski definition) is 3. The molecule has 1 unspecified atom stereocenters. The Morgan fingerprint density at radius 1 is 1.04 bits per heavy atom. The molecule has 1 heterocycles. The summed E-state index contributed by atoms with van der Waals surface area (Å²) in [4.78, 5) is 4.78. The summed E-state index contributed by atoms with van der Waals surface area (Å²) in [6.07, 6.45) is 4.07. The molecule has 0 bridgehead atoms. The molecule has 0 aliphatic carbocycles.